The normalized spacial score (nSPS) is 15.4. The molecule has 0 atom stereocenters. The van der Waals surface area contributed by atoms with Crippen LogP contribution in [0.25, 0.3) is 11.0 Å². The predicted molar refractivity (Wildman–Crippen MR) is 107 cm³/mol. The smallest absolute Gasteiger partial charge is 0.261 e. The average Bonchev–Trinajstić information content (AvgIpc) is 3.28. The van der Waals surface area contributed by atoms with Crippen LogP contribution in [-0.2, 0) is 17.8 Å². The number of nitrogens with one attached hydrogen (secondary N) is 1. The summed E-state index contributed by atoms with van der Waals surface area (Å²) in [6.45, 7) is 8.98. The van der Waals surface area contributed by atoms with E-state index in [-0.39, 0.29) is 5.91 Å². The van der Waals surface area contributed by atoms with Gasteiger partial charge in [0.15, 0.2) is 0 Å². The molecule has 4 rings (SSSR count). The largest absolute Gasteiger partial charge is 0.467 e. The highest BCUT2D eigenvalue weighted by atomic mass is 16.5. The molecule has 1 N–H and O–H groups in total. The maximum Gasteiger partial charge on any atom is 0.261 e. The van der Waals surface area contributed by atoms with Gasteiger partial charge in [0.1, 0.15) is 12.0 Å². The highest BCUT2D eigenvalue weighted by Gasteiger charge is 2.18. The molecule has 0 aliphatic carbocycles. The lowest BCUT2D eigenvalue weighted by Crippen LogP contribution is -2.35. The Labute approximate surface area is 164 Å². The highest BCUT2D eigenvalue weighted by molar-refractivity contribution is 6.04. The first-order valence-electron chi connectivity index (χ1n) is 9.74. The van der Waals surface area contributed by atoms with Crippen LogP contribution in [0.15, 0.2) is 41.0 Å². The van der Waals surface area contributed by atoms with E-state index in [1.807, 2.05) is 24.3 Å². The Morgan fingerprint density at radius 1 is 1.25 bits per heavy atom. The number of benzene rings is 1. The molecule has 1 saturated heterocycles. The lowest BCUT2D eigenvalue weighted by atomic mass is 10.2. The van der Waals surface area contributed by atoms with Gasteiger partial charge in [0.25, 0.3) is 5.91 Å². The molecular weight excluding hydrogens is 356 g/mol. The van der Waals surface area contributed by atoms with Crippen molar-refractivity contribution in [3.8, 4) is 0 Å². The number of imidazole rings is 1. The molecule has 0 unspecified atom stereocenters. The molecule has 2 aromatic heterocycles. The number of hydrogen-bond donors (Lipinski definition) is 1. The summed E-state index contributed by atoms with van der Waals surface area (Å²) in [7, 11) is 0. The molecule has 3 aromatic rings. The second-order valence-corrected chi connectivity index (χ2v) is 7.57. The van der Waals surface area contributed by atoms with E-state index < -0.39 is 0 Å². The summed E-state index contributed by atoms with van der Waals surface area (Å²) in [5.74, 6) is 1.57. The SMILES string of the molecule is CC(C)Cn1c(NC(=O)c2coc(CN3CCOCC3)c2)nc2ccccc21. The van der Waals surface area contributed by atoms with Crippen LogP contribution in [0.3, 0.4) is 0 Å². The van der Waals surface area contributed by atoms with E-state index in [2.05, 4.69) is 33.6 Å². The topological polar surface area (TPSA) is 72.5 Å². The van der Waals surface area contributed by atoms with Gasteiger partial charge in [-0.25, -0.2) is 4.98 Å². The van der Waals surface area contributed by atoms with Crippen molar-refractivity contribution in [1.29, 1.82) is 0 Å². The Kier molecular flexibility index (Phi) is 5.45. The fraction of sp³-hybridized carbons (Fsp3) is 0.429. The van der Waals surface area contributed by atoms with E-state index in [0.717, 1.165) is 49.6 Å². The molecule has 0 spiro atoms. The minimum atomic E-state index is -0.211. The number of hydrogen-bond acceptors (Lipinski definition) is 5. The summed E-state index contributed by atoms with van der Waals surface area (Å²) in [4.78, 5) is 19.6. The summed E-state index contributed by atoms with van der Waals surface area (Å²) >= 11 is 0. The maximum absolute atomic E-state index is 12.8. The molecule has 1 aliphatic rings. The number of rotatable bonds is 6. The third-order valence-electron chi connectivity index (χ3n) is 4.83. The first-order valence-corrected chi connectivity index (χ1v) is 9.74. The highest BCUT2D eigenvalue weighted by Crippen LogP contribution is 2.22. The van der Waals surface area contributed by atoms with E-state index in [1.54, 1.807) is 6.07 Å². The quantitative estimate of drug-likeness (QED) is 0.708. The molecule has 1 amide bonds. The first kappa shape index (κ1) is 18.7. The van der Waals surface area contributed by atoms with Crippen molar-refractivity contribution in [3.63, 3.8) is 0 Å². The fourth-order valence-corrected chi connectivity index (χ4v) is 3.46. The van der Waals surface area contributed by atoms with Gasteiger partial charge in [0.05, 0.1) is 36.4 Å². The van der Waals surface area contributed by atoms with E-state index in [1.165, 1.54) is 6.26 Å². The Bertz CT molecular complexity index is 954. The van der Waals surface area contributed by atoms with E-state index in [0.29, 0.717) is 24.0 Å². The zero-order valence-electron chi connectivity index (χ0n) is 16.4. The van der Waals surface area contributed by atoms with Crippen molar-refractivity contribution < 1.29 is 13.9 Å². The van der Waals surface area contributed by atoms with Gasteiger partial charge >= 0.3 is 0 Å². The van der Waals surface area contributed by atoms with Gasteiger partial charge < -0.3 is 13.7 Å². The Morgan fingerprint density at radius 2 is 2.04 bits per heavy atom. The number of para-hydroxylation sites is 2. The molecule has 7 nitrogen and oxygen atoms in total. The van der Waals surface area contributed by atoms with Crippen molar-refractivity contribution >= 4 is 22.9 Å². The van der Waals surface area contributed by atoms with Crippen molar-refractivity contribution in [2.75, 3.05) is 31.6 Å². The molecule has 7 heteroatoms. The van der Waals surface area contributed by atoms with Crippen LogP contribution in [0, 0.1) is 5.92 Å². The first-order chi connectivity index (χ1) is 13.6. The third-order valence-corrected chi connectivity index (χ3v) is 4.83. The number of aromatic nitrogens is 2. The molecular formula is C21H26N4O3. The molecule has 28 heavy (non-hydrogen) atoms. The maximum atomic E-state index is 12.8. The van der Waals surface area contributed by atoms with Gasteiger partial charge in [-0.05, 0) is 24.1 Å². The Balaban J connectivity index is 1.50. The van der Waals surface area contributed by atoms with Crippen molar-refractivity contribution in [2.45, 2.75) is 26.9 Å². The molecule has 148 valence electrons. The number of ether oxygens (including phenoxy) is 1. The number of carbonyl (C=O) groups excluding carboxylic acids is 1. The van der Waals surface area contributed by atoms with Crippen LogP contribution in [0.1, 0.15) is 30.0 Å². The zero-order valence-corrected chi connectivity index (χ0v) is 16.4. The summed E-state index contributed by atoms with van der Waals surface area (Å²) in [6, 6.07) is 9.73. The van der Waals surface area contributed by atoms with E-state index in [4.69, 9.17) is 9.15 Å². The summed E-state index contributed by atoms with van der Waals surface area (Å²) in [5.41, 5.74) is 2.40. The molecule has 1 aliphatic heterocycles. The number of furan rings is 1. The summed E-state index contributed by atoms with van der Waals surface area (Å²) in [5, 5.41) is 2.96. The number of carbonyl (C=O) groups is 1. The second kappa shape index (κ2) is 8.16. The minimum Gasteiger partial charge on any atom is -0.467 e. The van der Waals surface area contributed by atoms with E-state index in [9.17, 15) is 4.79 Å². The fourth-order valence-electron chi connectivity index (χ4n) is 3.46. The van der Waals surface area contributed by atoms with Crippen molar-refractivity contribution in [1.82, 2.24) is 14.5 Å². The van der Waals surface area contributed by atoms with Crippen LogP contribution in [0.5, 0.6) is 0 Å². The van der Waals surface area contributed by atoms with Gasteiger partial charge in [-0.2, -0.15) is 0 Å². The van der Waals surface area contributed by atoms with Crippen molar-refractivity contribution in [2.24, 2.45) is 5.92 Å². The average molecular weight is 382 g/mol. The van der Waals surface area contributed by atoms with Crippen LogP contribution in [0.2, 0.25) is 0 Å². The number of anilines is 1. The molecule has 1 aromatic carbocycles. The van der Waals surface area contributed by atoms with Gasteiger partial charge in [-0.15, -0.1) is 0 Å². The third kappa shape index (κ3) is 4.10. The van der Waals surface area contributed by atoms with Crippen molar-refractivity contribution in [3.05, 3.63) is 47.9 Å². The molecule has 3 heterocycles. The van der Waals surface area contributed by atoms with Crippen LogP contribution < -0.4 is 5.32 Å². The number of nitrogens with zero attached hydrogens (tertiary/aromatic N) is 3. The van der Waals surface area contributed by atoms with E-state index >= 15 is 0 Å². The number of fused-ring (bicyclic) bond motifs is 1. The van der Waals surface area contributed by atoms with Gasteiger partial charge in [0, 0.05) is 19.6 Å². The summed E-state index contributed by atoms with van der Waals surface area (Å²) in [6.07, 6.45) is 1.51. The number of morpholine rings is 1. The van der Waals surface area contributed by atoms with Crippen LogP contribution in [0.4, 0.5) is 5.95 Å². The zero-order chi connectivity index (χ0) is 19.5. The monoisotopic (exact) mass is 382 g/mol. The second-order valence-electron chi connectivity index (χ2n) is 7.57. The van der Waals surface area contributed by atoms with Gasteiger partial charge in [0.2, 0.25) is 5.95 Å². The molecule has 0 saturated carbocycles. The molecule has 1 fully saturated rings. The standard InChI is InChI=1S/C21H26N4O3/c1-15(2)12-25-19-6-4-3-5-18(19)22-21(25)23-20(26)16-11-17(28-14-16)13-24-7-9-27-10-8-24/h3-6,11,14-15H,7-10,12-13H2,1-2H3,(H,22,23,26). The number of amides is 1. The molecule has 0 radical (unpaired) electrons. The summed E-state index contributed by atoms with van der Waals surface area (Å²) < 4.78 is 13.0. The lowest BCUT2D eigenvalue weighted by Gasteiger charge is -2.25. The Morgan fingerprint density at radius 3 is 2.82 bits per heavy atom. The minimum absolute atomic E-state index is 0.211. The van der Waals surface area contributed by atoms with Gasteiger partial charge in [-0.1, -0.05) is 26.0 Å². The van der Waals surface area contributed by atoms with Gasteiger partial charge in [-0.3, -0.25) is 15.0 Å². The Hall–Kier alpha value is -2.64. The lowest BCUT2D eigenvalue weighted by molar-refractivity contribution is 0.0313. The molecule has 0 bridgehead atoms. The van der Waals surface area contributed by atoms with Crippen LogP contribution in [-0.4, -0.2) is 46.7 Å². The predicted octanol–water partition coefficient (Wildman–Crippen LogP) is 3.37. The van der Waals surface area contributed by atoms with Crippen LogP contribution >= 0.6 is 0 Å².